The summed E-state index contributed by atoms with van der Waals surface area (Å²) in [6.07, 6.45) is 12.7. The smallest absolute Gasteiger partial charge is 0.0635 e. The standard InChI is InChI=1S/C13H24N2/c1-2-3-4-5-6-7-8-9-12-15-13-10-11-14/h6-7,15H,2-5,8-10,12-13H2,1H3/b7-6+. The molecule has 15 heavy (non-hydrogen) atoms. The number of nitrogens with one attached hydrogen (secondary N) is 1. The topological polar surface area (TPSA) is 35.8 Å². The van der Waals surface area contributed by atoms with Crippen LogP contribution in [-0.2, 0) is 0 Å². The van der Waals surface area contributed by atoms with Gasteiger partial charge in [0.05, 0.1) is 6.07 Å². The fraction of sp³-hybridized carbons (Fsp3) is 0.769. The molecule has 0 unspecified atom stereocenters. The van der Waals surface area contributed by atoms with Crippen LogP contribution in [-0.4, -0.2) is 13.1 Å². The molecular weight excluding hydrogens is 184 g/mol. The summed E-state index contributed by atoms with van der Waals surface area (Å²) in [5.41, 5.74) is 0. The van der Waals surface area contributed by atoms with Crippen molar-refractivity contribution in [2.24, 2.45) is 0 Å². The van der Waals surface area contributed by atoms with Crippen molar-refractivity contribution in [1.29, 1.82) is 5.26 Å². The maximum atomic E-state index is 8.31. The van der Waals surface area contributed by atoms with E-state index >= 15 is 0 Å². The van der Waals surface area contributed by atoms with Gasteiger partial charge in [-0.3, -0.25) is 0 Å². The van der Waals surface area contributed by atoms with Crippen LogP contribution in [0.4, 0.5) is 0 Å². The monoisotopic (exact) mass is 208 g/mol. The van der Waals surface area contributed by atoms with Gasteiger partial charge in [0, 0.05) is 13.0 Å². The number of hydrogen-bond donors (Lipinski definition) is 1. The van der Waals surface area contributed by atoms with Gasteiger partial charge in [-0.2, -0.15) is 5.26 Å². The molecule has 0 spiro atoms. The van der Waals surface area contributed by atoms with Crippen molar-refractivity contribution >= 4 is 0 Å². The predicted molar refractivity (Wildman–Crippen MR) is 65.6 cm³/mol. The number of unbranched alkanes of at least 4 members (excludes halogenated alkanes) is 4. The zero-order valence-electron chi connectivity index (χ0n) is 9.97. The van der Waals surface area contributed by atoms with Crippen molar-refractivity contribution in [3.8, 4) is 6.07 Å². The van der Waals surface area contributed by atoms with Gasteiger partial charge in [-0.15, -0.1) is 0 Å². The van der Waals surface area contributed by atoms with Gasteiger partial charge in [0.2, 0.25) is 0 Å². The molecule has 0 radical (unpaired) electrons. The van der Waals surface area contributed by atoms with Crippen molar-refractivity contribution in [2.45, 2.75) is 51.9 Å². The summed E-state index contributed by atoms with van der Waals surface area (Å²) in [5, 5.41) is 11.5. The highest BCUT2D eigenvalue weighted by Gasteiger charge is 1.86. The summed E-state index contributed by atoms with van der Waals surface area (Å²) in [4.78, 5) is 0. The number of allylic oxidation sites excluding steroid dienone is 2. The van der Waals surface area contributed by atoms with Gasteiger partial charge in [0.1, 0.15) is 0 Å². The Hall–Kier alpha value is -0.810. The van der Waals surface area contributed by atoms with Gasteiger partial charge in [-0.1, -0.05) is 31.9 Å². The molecule has 0 aromatic heterocycles. The minimum atomic E-state index is 0.618. The van der Waals surface area contributed by atoms with Crippen molar-refractivity contribution in [1.82, 2.24) is 5.32 Å². The highest BCUT2D eigenvalue weighted by atomic mass is 14.8. The first kappa shape index (κ1) is 14.2. The average molecular weight is 208 g/mol. The number of nitrogens with zero attached hydrogens (tertiary/aromatic N) is 1. The Morgan fingerprint density at radius 2 is 1.80 bits per heavy atom. The zero-order chi connectivity index (χ0) is 11.2. The molecule has 0 heterocycles. The SMILES string of the molecule is CCCCC/C=C/CCCNCCC#N. The van der Waals surface area contributed by atoms with Crippen LogP contribution < -0.4 is 5.32 Å². The molecule has 0 aliphatic heterocycles. The van der Waals surface area contributed by atoms with E-state index in [1.807, 2.05) is 0 Å². The molecule has 0 bridgehead atoms. The molecule has 86 valence electrons. The molecule has 0 aromatic rings. The number of nitriles is 1. The fourth-order valence-corrected chi connectivity index (χ4v) is 1.36. The van der Waals surface area contributed by atoms with Crippen LogP contribution in [0.25, 0.3) is 0 Å². The molecule has 0 aliphatic rings. The third-order valence-electron chi connectivity index (χ3n) is 2.28. The van der Waals surface area contributed by atoms with Crippen LogP contribution in [0.5, 0.6) is 0 Å². The van der Waals surface area contributed by atoms with E-state index in [9.17, 15) is 0 Å². The lowest BCUT2D eigenvalue weighted by Crippen LogP contribution is -2.15. The van der Waals surface area contributed by atoms with Crippen LogP contribution in [0, 0.1) is 11.3 Å². The van der Waals surface area contributed by atoms with Crippen LogP contribution in [0.3, 0.4) is 0 Å². The predicted octanol–water partition coefficient (Wildman–Crippen LogP) is 3.41. The van der Waals surface area contributed by atoms with E-state index in [0.29, 0.717) is 6.42 Å². The van der Waals surface area contributed by atoms with Crippen molar-refractivity contribution < 1.29 is 0 Å². The molecule has 0 atom stereocenters. The first-order chi connectivity index (χ1) is 7.41. The maximum absolute atomic E-state index is 8.31. The molecule has 0 aliphatic carbocycles. The molecule has 0 saturated carbocycles. The lowest BCUT2D eigenvalue weighted by Gasteiger charge is -1.98. The molecular formula is C13H24N2. The van der Waals surface area contributed by atoms with Gasteiger partial charge in [0.15, 0.2) is 0 Å². The fourth-order valence-electron chi connectivity index (χ4n) is 1.36. The Labute approximate surface area is 94.4 Å². The summed E-state index contributed by atoms with van der Waals surface area (Å²) in [5.74, 6) is 0. The lowest BCUT2D eigenvalue weighted by atomic mass is 10.2. The Kier molecular flexibility index (Phi) is 12.5. The van der Waals surface area contributed by atoms with E-state index in [1.165, 1.54) is 32.1 Å². The van der Waals surface area contributed by atoms with Gasteiger partial charge < -0.3 is 5.32 Å². The lowest BCUT2D eigenvalue weighted by molar-refractivity contribution is 0.659. The zero-order valence-corrected chi connectivity index (χ0v) is 9.97. The normalized spacial score (nSPS) is 10.7. The van der Waals surface area contributed by atoms with E-state index in [-0.39, 0.29) is 0 Å². The Morgan fingerprint density at radius 1 is 1.07 bits per heavy atom. The number of rotatable bonds is 10. The molecule has 1 N–H and O–H groups in total. The van der Waals surface area contributed by atoms with Gasteiger partial charge >= 0.3 is 0 Å². The van der Waals surface area contributed by atoms with Gasteiger partial charge in [-0.25, -0.2) is 0 Å². The van der Waals surface area contributed by atoms with E-state index in [4.69, 9.17) is 5.26 Å². The molecule has 0 aromatic carbocycles. The van der Waals surface area contributed by atoms with Crippen molar-refractivity contribution in [3.63, 3.8) is 0 Å². The molecule has 0 amide bonds. The van der Waals surface area contributed by atoms with Crippen molar-refractivity contribution in [3.05, 3.63) is 12.2 Å². The summed E-state index contributed by atoms with van der Waals surface area (Å²) in [7, 11) is 0. The molecule has 2 heteroatoms. The summed E-state index contributed by atoms with van der Waals surface area (Å²) >= 11 is 0. The Morgan fingerprint density at radius 3 is 2.47 bits per heavy atom. The van der Waals surface area contributed by atoms with Crippen molar-refractivity contribution in [2.75, 3.05) is 13.1 Å². The third kappa shape index (κ3) is 13.2. The Balaban J connectivity index is 3.00. The first-order valence-corrected chi connectivity index (χ1v) is 6.14. The Bertz CT molecular complexity index is 179. The second-order valence-electron chi connectivity index (χ2n) is 3.77. The summed E-state index contributed by atoms with van der Waals surface area (Å²) in [6, 6.07) is 2.12. The van der Waals surface area contributed by atoms with E-state index in [1.54, 1.807) is 0 Å². The maximum Gasteiger partial charge on any atom is 0.0635 e. The van der Waals surface area contributed by atoms with Crippen LogP contribution in [0.1, 0.15) is 51.9 Å². The van der Waals surface area contributed by atoms with Gasteiger partial charge in [0.25, 0.3) is 0 Å². The third-order valence-corrected chi connectivity index (χ3v) is 2.28. The highest BCUT2D eigenvalue weighted by Crippen LogP contribution is 2.00. The number of hydrogen-bond acceptors (Lipinski definition) is 2. The minimum Gasteiger partial charge on any atom is -0.316 e. The van der Waals surface area contributed by atoms with E-state index in [0.717, 1.165) is 19.5 Å². The quantitative estimate of drug-likeness (QED) is 0.441. The second-order valence-corrected chi connectivity index (χ2v) is 3.77. The molecule has 0 fully saturated rings. The first-order valence-electron chi connectivity index (χ1n) is 6.14. The summed E-state index contributed by atoms with van der Waals surface area (Å²) < 4.78 is 0. The molecule has 0 saturated heterocycles. The molecule has 0 rings (SSSR count). The second kappa shape index (κ2) is 13.2. The van der Waals surface area contributed by atoms with Gasteiger partial charge in [-0.05, 0) is 32.2 Å². The largest absolute Gasteiger partial charge is 0.316 e. The van der Waals surface area contributed by atoms with E-state index in [2.05, 4.69) is 30.5 Å². The van der Waals surface area contributed by atoms with Crippen LogP contribution in [0.2, 0.25) is 0 Å². The van der Waals surface area contributed by atoms with E-state index < -0.39 is 0 Å². The minimum absolute atomic E-state index is 0.618. The average Bonchev–Trinajstić information content (AvgIpc) is 2.26. The molecule has 2 nitrogen and oxygen atoms in total. The highest BCUT2D eigenvalue weighted by molar-refractivity contribution is 4.81. The van der Waals surface area contributed by atoms with Crippen LogP contribution in [0.15, 0.2) is 12.2 Å². The van der Waals surface area contributed by atoms with Crippen LogP contribution >= 0.6 is 0 Å². The summed E-state index contributed by atoms with van der Waals surface area (Å²) in [6.45, 7) is 4.09.